The van der Waals surface area contributed by atoms with Crippen molar-refractivity contribution in [2.45, 2.75) is 19.8 Å². The molecule has 0 radical (unpaired) electrons. The van der Waals surface area contributed by atoms with Gasteiger partial charge in [-0.05, 0) is 12.5 Å². The van der Waals surface area contributed by atoms with Gasteiger partial charge in [0, 0.05) is 19.4 Å². The molecular formula is C10H18N2. The molecular weight excluding hydrogens is 148 g/mol. The molecule has 0 aromatic carbocycles. The Kier molecular flexibility index (Phi) is 5.88. The molecule has 0 rings (SSSR count). The summed E-state index contributed by atoms with van der Waals surface area (Å²) in [5.41, 5.74) is 4.14. The van der Waals surface area contributed by atoms with Crippen LogP contribution in [0.5, 0.6) is 0 Å². The third-order valence-corrected chi connectivity index (χ3v) is 1.44. The van der Waals surface area contributed by atoms with Crippen LogP contribution in [0.2, 0.25) is 0 Å². The molecule has 0 spiro atoms. The zero-order chi connectivity index (χ0) is 9.40. The molecule has 12 heavy (non-hydrogen) atoms. The van der Waals surface area contributed by atoms with Gasteiger partial charge in [0.1, 0.15) is 0 Å². The quantitative estimate of drug-likeness (QED) is 0.481. The molecule has 2 nitrogen and oxygen atoms in total. The van der Waals surface area contributed by atoms with E-state index in [0.29, 0.717) is 0 Å². The Balaban J connectivity index is 3.60. The highest BCUT2D eigenvalue weighted by Gasteiger charge is 1.85. The Morgan fingerprint density at radius 2 is 2.25 bits per heavy atom. The van der Waals surface area contributed by atoms with Crippen molar-refractivity contribution in [3.63, 3.8) is 0 Å². The Labute approximate surface area is 75.2 Å². The van der Waals surface area contributed by atoms with Crippen molar-refractivity contribution in [2.24, 2.45) is 0 Å². The van der Waals surface area contributed by atoms with Crippen molar-refractivity contribution in [2.75, 3.05) is 7.05 Å². The molecule has 0 bridgehead atoms. The molecule has 0 aromatic rings. The van der Waals surface area contributed by atoms with Crippen LogP contribution in [-0.4, -0.2) is 12.1 Å². The third kappa shape index (κ3) is 5.59. The number of hydrogen-bond donors (Lipinski definition) is 1. The van der Waals surface area contributed by atoms with Gasteiger partial charge in [-0.2, -0.15) is 0 Å². The minimum Gasteiger partial charge on any atom is -0.307 e. The first kappa shape index (κ1) is 10.8. The molecule has 0 unspecified atom stereocenters. The van der Waals surface area contributed by atoms with E-state index < -0.39 is 0 Å². The standard InChI is InChI=1S/C10H18N2/c1-5-7-10(3)8-9-11-12(4)6-2/h6,8-9,11H,2-3,5,7H2,1,4H3/b9-8-. The predicted molar refractivity (Wildman–Crippen MR) is 54.3 cm³/mol. The van der Waals surface area contributed by atoms with E-state index >= 15 is 0 Å². The number of hydrogen-bond acceptors (Lipinski definition) is 2. The molecule has 0 aliphatic carbocycles. The Morgan fingerprint density at radius 3 is 2.75 bits per heavy atom. The van der Waals surface area contributed by atoms with E-state index in [0.717, 1.165) is 18.4 Å². The largest absolute Gasteiger partial charge is 0.307 e. The first-order valence-electron chi connectivity index (χ1n) is 4.16. The van der Waals surface area contributed by atoms with Crippen molar-refractivity contribution in [1.29, 1.82) is 0 Å². The monoisotopic (exact) mass is 166 g/mol. The van der Waals surface area contributed by atoms with Gasteiger partial charge in [0.2, 0.25) is 0 Å². The molecule has 68 valence electrons. The molecule has 2 heteroatoms. The first-order chi connectivity index (χ1) is 5.70. The van der Waals surface area contributed by atoms with E-state index in [1.807, 2.05) is 19.3 Å². The van der Waals surface area contributed by atoms with Crippen molar-refractivity contribution < 1.29 is 0 Å². The number of nitrogens with zero attached hydrogens (tertiary/aromatic N) is 1. The third-order valence-electron chi connectivity index (χ3n) is 1.44. The van der Waals surface area contributed by atoms with Crippen LogP contribution >= 0.6 is 0 Å². The van der Waals surface area contributed by atoms with E-state index in [1.54, 1.807) is 11.2 Å². The second-order valence-electron chi connectivity index (χ2n) is 2.66. The van der Waals surface area contributed by atoms with Gasteiger partial charge in [0.25, 0.3) is 0 Å². The summed E-state index contributed by atoms with van der Waals surface area (Å²) in [6.07, 6.45) is 7.73. The summed E-state index contributed by atoms with van der Waals surface area (Å²) in [7, 11) is 1.89. The van der Waals surface area contributed by atoms with Gasteiger partial charge in [0.05, 0.1) is 0 Å². The van der Waals surface area contributed by atoms with E-state index in [2.05, 4.69) is 25.5 Å². The second-order valence-corrected chi connectivity index (χ2v) is 2.66. The Hall–Kier alpha value is -1.18. The molecule has 0 aliphatic rings. The fourth-order valence-electron chi connectivity index (χ4n) is 0.730. The van der Waals surface area contributed by atoms with Crippen LogP contribution in [0.1, 0.15) is 19.8 Å². The highest BCUT2D eigenvalue weighted by Crippen LogP contribution is 2.01. The van der Waals surface area contributed by atoms with E-state index in [-0.39, 0.29) is 0 Å². The summed E-state index contributed by atoms with van der Waals surface area (Å²) >= 11 is 0. The van der Waals surface area contributed by atoms with E-state index in [4.69, 9.17) is 0 Å². The Morgan fingerprint density at radius 1 is 1.58 bits per heavy atom. The van der Waals surface area contributed by atoms with Crippen LogP contribution in [0.3, 0.4) is 0 Å². The highest BCUT2D eigenvalue weighted by atomic mass is 15.5. The van der Waals surface area contributed by atoms with Crippen molar-refractivity contribution in [3.05, 3.63) is 37.2 Å². The van der Waals surface area contributed by atoms with Gasteiger partial charge in [0.15, 0.2) is 0 Å². The van der Waals surface area contributed by atoms with Crippen molar-refractivity contribution >= 4 is 0 Å². The fourth-order valence-corrected chi connectivity index (χ4v) is 0.730. The SMILES string of the molecule is C=CN(C)N/C=C\C(=C)CCC. The zero-order valence-corrected chi connectivity index (χ0v) is 8.01. The summed E-state index contributed by atoms with van der Waals surface area (Å²) in [6.45, 7) is 9.64. The molecule has 0 atom stereocenters. The lowest BCUT2D eigenvalue weighted by molar-refractivity contribution is 0.388. The molecule has 0 amide bonds. The topological polar surface area (TPSA) is 15.3 Å². The maximum atomic E-state index is 3.90. The van der Waals surface area contributed by atoms with Gasteiger partial charge in [-0.15, -0.1) is 0 Å². The molecule has 0 saturated heterocycles. The molecule has 0 aromatic heterocycles. The summed E-state index contributed by atoms with van der Waals surface area (Å²) in [6, 6.07) is 0. The lowest BCUT2D eigenvalue weighted by Gasteiger charge is -2.11. The van der Waals surface area contributed by atoms with Gasteiger partial charge in [-0.25, -0.2) is 0 Å². The fraction of sp³-hybridized carbons (Fsp3) is 0.400. The van der Waals surface area contributed by atoms with Crippen LogP contribution in [0.4, 0.5) is 0 Å². The number of nitrogens with one attached hydrogen (secondary N) is 1. The maximum absolute atomic E-state index is 3.90. The number of hydrazine groups is 1. The summed E-state index contributed by atoms with van der Waals surface area (Å²) in [5, 5.41) is 1.77. The second kappa shape index (κ2) is 6.53. The number of allylic oxidation sites excluding steroid dienone is 2. The normalized spacial score (nSPS) is 9.83. The zero-order valence-electron chi connectivity index (χ0n) is 8.01. The molecule has 0 aliphatic heterocycles. The average molecular weight is 166 g/mol. The number of rotatable bonds is 6. The minimum absolute atomic E-state index is 1.05. The summed E-state index contributed by atoms with van der Waals surface area (Å²) in [4.78, 5) is 0. The van der Waals surface area contributed by atoms with Crippen LogP contribution in [0.15, 0.2) is 37.2 Å². The average Bonchev–Trinajstić information content (AvgIpc) is 2.04. The van der Waals surface area contributed by atoms with Crippen LogP contribution in [0, 0.1) is 0 Å². The van der Waals surface area contributed by atoms with Crippen LogP contribution < -0.4 is 5.43 Å². The molecule has 0 saturated carbocycles. The summed E-state index contributed by atoms with van der Waals surface area (Å²) in [5.74, 6) is 0. The van der Waals surface area contributed by atoms with Gasteiger partial charge in [-0.3, -0.25) is 5.01 Å². The Bertz CT molecular complexity index is 171. The predicted octanol–water partition coefficient (Wildman–Crippen LogP) is 2.44. The van der Waals surface area contributed by atoms with Gasteiger partial charge in [-0.1, -0.05) is 32.1 Å². The molecule has 1 N–H and O–H groups in total. The minimum atomic E-state index is 1.05. The smallest absolute Gasteiger partial charge is 0.0274 e. The van der Waals surface area contributed by atoms with Crippen LogP contribution in [0.25, 0.3) is 0 Å². The lowest BCUT2D eigenvalue weighted by atomic mass is 10.2. The first-order valence-corrected chi connectivity index (χ1v) is 4.16. The van der Waals surface area contributed by atoms with Crippen LogP contribution in [-0.2, 0) is 0 Å². The van der Waals surface area contributed by atoms with E-state index in [9.17, 15) is 0 Å². The molecule has 0 heterocycles. The molecule has 0 fully saturated rings. The summed E-state index contributed by atoms with van der Waals surface area (Å²) < 4.78 is 0. The maximum Gasteiger partial charge on any atom is 0.0274 e. The lowest BCUT2D eigenvalue weighted by Crippen LogP contribution is -2.23. The van der Waals surface area contributed by atoms with E-state index in [1.165, 1.54) is 0 Å². The van der Waals surface area contributed by atoms with Gasteiger partial charge >= 0.3 is 0 Å². The van der Waals surface area contributed by atoms with Crippen molar-refractivity contribution in [1.82, 2.24) is 10.4 Å². The van der Waals surface area contributed by atoms with Crippen molar-refractivity contribution in [3.8, 4) is 0 Å². The van der Waals surface area contributed by atoms with Gasteiger partial charge < -0.3 is 5.43 Å². The highest BCUT2D eigenvalue weighted by molar-refractivity contribution is 5.13.